The van der Waals surface area contributed by atoms with Crippen molar-refractivity contribution in [2.24, 2.45) is 0 Å². The molecule has 4 heteroatoms. The third-order valence-corrected chi connectivity index (χ3v) is 3.86. The number of para-hydroxylation sites is 1. The fraction of sp³-hybridized carbons (Fsp3) is 0.250. The molecule has 0 radical (unpaired) electrons. The van der Waals surface area contributed by atoms with Crippen LogP contribution in [0.3, 0.4) is 0 Å². The number of ether oxygens (including phenoxy) is 2. The zero-order chi connectivity index (χ0) is 13.8. The molecule has 0 saturated heterocycles. The van der Waals surface area contributed by atoms with Crippen molar-refractivity contribution in [2.75, 3.05) is 18.5 Å². The first-order valence-electron chi connectivity index (χ1n) is 6.70. The van der Waals surface area contributed by atoms with Crippen molar-refractivity contribution in [3.8, 4) is 11.5 Å². The standard InChI is InChI=1S/C16H16BrNO2/c17-13-4-1-2-5-14(13)18-11-12-6-7-15-16(10-12)20-9-3-8-19-15/h1-2,4-7,10,18H,3,8-9,11H2. The van der Waals surface area contributed by atoms with E-state index in [1.54, 1.807) is 0 Å². The number of fused-ring (bicyclic) bond motifs is 1. The van der Waals surface area contributed by atoms with Crippen LogP contribution in [0.4, 0.5) is 5.69 Å². The van der Waals surface area contributed by atoms with Gasteiger partial charge in [0.15, 0.2) is 11.5 Å². The lowest BCUT2D eigenvalue weighted by Gasteiger charge is -2.11. The number of rotatable bonds is 3. The number of hydrogen-bond acceptors (Lipinski definition) is 3. The molecule has 104 valence electrons. The van der Waals surface area contributed by atoms with Crippen LogP contribution in [-0.4, -0.2) is 13.2 Å². The van der Waals surface area contributed by atoms with E-state index < -0.39 is 0 Å². The minimum atomic E-state index is 0.716. The van der Waals surface area contributed by atoms with Crippen LogP contribution in [0.25, 0.3) is 0 Å². The molecule has 1 aliphatic rings. The van der Waals surface area contributed by atoms with Crippen molar-refractivity contribution in [1.29, 1.82) is 0 Å². The average molecular weight is 334 g/mol. The number of nitrogens with one attached hydrogen (secondary N) is 1. The molecule has 20 heavy (non-hydrogen) atoms. The van der Waals surface area contributed by atoms with E-state index in [2.05, 4.69) is 27.3 Å². The molecule has 1 aliphatic heterocycles. The van der Waals surface area contributed by atoms with Gasteiger partial charge in [-0.1, -0.05) is 18.2 Å². The molecule has 3 rings (SSSR count). The van der Waals surface area contributed by atoms with Gasteiger partial charge in [0.2, 0.25) is 0 Å². The van der Waals surface area contributed by atoms with Crippen LogP contribution >= 0.6 is 15.9 Å². The summed E-state index contributed by atoms with van der Waals surface area (Å²) in [6.07, 6.45) is 0.930. The zero-order valence-corrected chi connectivity index (χ0v) is 12.7. The predicted octanol–water partition coefficient (Wildman–Crippen LogP) is 4.22. The zero-order valence-electron chi connectivity index (χ0n) is 11.1. The third kappa shape index (κ3) is 3.07. The van der Waals surface area contributed by atoms with E-state index in [-0.39, 0.29) is 0 Å². The Balaban J connectivity index is 1.72. The Morgan fingerprint density at radius 1 is 1.00 bits per heavy atom. The predicted molar refractivity (Wildman–Crippen MR) is 83.5 cm³/mol. The third-order valence-electron chi connectivity index (χ3n) is 3.17. The monoisotopic (exact) mass is 333 g/mol. The van der Waals surface area contributed by atoms with Gasteiger partial charge in [-0.3, -0.25) is 0 Å². The largest absolute Gasteiger partial charge is 0.490 e. The number of anilines is 1. The molecule has 0 unspecified atom stereocenters. The summed E-state index contributed by atoms with van der Waals surface area (Å²) < 4.78 is 12.4. The Morgan fingerprint density at radius 2 is 1.80 bits per heavy atom. The molecule has 2 aromatic rings. The van der Waals surface area contributed by atoms with Crippen molar-refractivity contribution in [3.05, 3.63) is 52.5 Å². The molecular weight excluding hydrogens is 318 g/mol. The molecule has 0 aromatic heterocycles. The molecule has 1 N–H and O–H groups in total. The molecule has 0 fully saturated rings. The Kier molecular flexibility index (Phi) is 4.11. The highest BCUT2D eigenvalue weighted by Gasteiger charge is 2.10. The van der Waals surface area contributed by atoms with Crippen molar-refractivity contribution in [2.45, 2.75) is 13.0 Å². The maximum absolute atomic E-state index is 5.70. The van der Waals surface area contributed by atoms with Crippen LogP contribution in [0, 0.1) is 0 Å². The summed E-state index contributed by atoms with van der Waals surface area (Å²) >= 11 is 3.53. The maximum Gasteiger partial charge on any atom is 0.161 e. The Hall–Kier alpha value is -1.68. The summed E-state index contributed by atoms with van der Waals surface area (Å²) in [5.74, 6) is 1.68. The molecule has 0 aliphatic carbocycles. The van der Waals surface area contributed by atoms with Crippen LogP contribution in [0.1, 0.15) is 12.0 Å². The molecule has 0 bridgehead atoms. The van der Waals surface area contributed by atoms with E-state index in [1.807, 2.05) is 36.4 Å². The van der Waals surface area contributed by atoms with Gasteiger partial charge in [-0.05, 0) is 45.8 Å². The van der Waals surface area contributed by atoms with Gasteiger partial charge in [0.05, 0.1) is 13.2 Å². The molecular formula is C16H16BrNO2. The van der Waals surface area contributed by atoms with E-state index >= 15 is 0 Å². The van der Waals surface area contributed by atoms with Gasteiger partial charge in [0.1, 0.15) is 0 Å². The van der Waals surface area contributed by atoms with E-state index in [0.717, 1.165) is 41.2 Å². The van der Waals surface area contributed by atoms with Crippen molar-refractivity contribution < 1.29 is 9.47 Å². The van der Waals surface area contributed by atoms with Crippen LogP contribution < -0.4 is 14.8 Å². The van der Waals surface area contributed by atoms with Crippen LogP contribution in [-0.2, 0) is 6.54 Å². The number of halogens is 1. The van der Waals surface area contributed by atoms with Gasteiger partial charge in [-0.25, -0.2) is 0 Å². The maximum atomic E-state index is 5.70. The highest BCUT2D eigenvalue weighted by Crippen LogP contribution is 2.31. The minimum absolute atomic E-state index is 0.716. The number of benzene rings is 2. The highest BCUT2D eigenvalue weighted by atomic mass is 79.9. The molecule has 0 amide bonds. The quantitative estimate of drug-likeness (QED) is 0.912. The molecule has 2 aromatic carbocycles. The summed E-state index contributed by atoms with van der Waals surface area (Å²) in [7, 11) is 0. The van der Waals surface area contributed by atoms with E-state index in [0.29, 0.717) is 6.61 Å². The minimum Gasteiger partial charge on any atom is -0.490 e. The second-order valence-corrected chi connectivity index (χ2v) is 5.52. The van der Waals surface area contributed by atoms with Crippen LogP contribution in [0.2, 0.25) is 0 Å². The van der Waals surface area contributed by atoms with Gasteiger partial charge < -0.3 is 14.8 Å². The van der Waals surface area contributed by atoms with Crippen LogP contribution in [0.15, 0.2) is 46.9 Å². The first kappa shape index (κ1) is 13.3. The Labute approximate surface area is 127 Å². The second kappa shape index (κ2) is 6.18. The lowest BCUT2D eigenvalue weighted by atomic mass is 10.2. The average Bonchev–Trinajstić information content (AvgIpc) is 2.71. The number of hydrogen-bond donors (Lipinski definition) is 1. The Morgan fingerprint density at radius 3 is 2.65 bits per heavy atom. The molecule has 1 heterocycles. The molecule has 3 nitrogen and oxygen atoms in total. The van der Waals surface area contributed by atoms with Crippen LogP contribution in [0.5, 0.6) is 11.5 Å². The lowest BCUT2D eigenvalue weighted by Crippen LogP contribution is -2.01. The summed E-state index contributed by atoms with van der Waals surface area (Å²) in [5.41, 5.74) is 2.25. The van der Waals surface area contributed by atoms with Gasteiger partial charge >= 0.3 is 0 Å². The SMILES string of the molecule is Brc1ccccc1NCc1ccc2c(c1)OCCCO2. The second-order valence-electron chi connectivity index (χ2n) is 4.66. The summed E-state index contributed by atoms with van der Waals surface area (Å²) in [6.45, 7) is 2.19. The fourth-order valence-electron chi connectivity index (χ4n) is 2.12. The van der Waals surface area contributed by atoms with Crippen molar-refractivity contribution >= 4 is 21.6 Å². The van der Waals surface area contributed by atoms with Crippen molar-refractivity contribution in [3.63, 3.8) is 0 Å². The molecule has 0 spiro atoms. The fourth-order valence-corrected chi connectivity index (χ4v) is 2.54. The van der Waals surface area contributed by atoms with Gasteiger partial charge in [-0.15, -0.1) is 0 Å². The summed E-state index contributed by atoms with van der Waals surface area (Å²) in [6, 6.07) is 14.2. The van der Waals surface area contributed by atoms with E-state index in [9.17, 15) is 0 Å². The van der Waals surface area contributed by atoms with Gasteiger partial charge in [0, 0.05) is 23.1 Å². The van der Waals surface area contributed by atoms with E-state index in [4.69, 9.17) is 9.47 Å². The highest BCUT2D eigenvalue weighted by molar-refractivity contribution is 9.10. The first-order chi connectivity index (χ1) is 9.83. The molecule has 0 saturated carbocycles. The lowest BCUT2D eigenvalue weighted by molar-refractivity contribution is 0.297. The Bertz CT molecular complexity index is 601. The molecule has 0 atom stereocenters. The smallest absolute Gasteiger partial charge is 0.161 e. The van der Waals surface area contributed by atoms with E-state index in [1.165, 1.54) is 5.56 Å². The normalized spacial score (nSPS) is 13.7. The van der Waals surface area contributed by atoms with Crippen molar-refractivity contribution in [1.82, 2.24) is 0 Å². The summed E-state index contributed by atoms with van der Waals surface area (Å²) in [5, 5.41) is 3.41. The first-order valence-corrected chi connectivity index (χ1v) is 7.49. The topological polar surface area (TPSA) is 30.5 Å². The van der Waals surface area contributed by atoms with Gasteiger partial charge in [-0.2, -0.15) is 0 Å². The van der Waals surface area contributed by atoms with Gasteiger partial charge in [0.25, 0.3) is 0 Å². The summed E-state index contributed by atoms with van der Waals surface area (Å²) in [4.78, 5) is 0.